The molecule has 2 aromatic heterocycles. The molecule has 0 radical (unpaired) electrons. The number of hydrogen-bond acceptors (Lipinski definition) is 5. The monoisotopic (exact) mass is 1380 g/mol. The van der Waals surface area contributed by atoms with Crippen molar-refractivity contribution in [1.82, 2.24) is 14.3 Å². The number of nitrogens with zero attached hydrogens (tertiary/aromatic N) is 6. The first-order chi connectivity index (χ1) is 44.6. The Hall–Kier alpha value is -10.3. The quantitative estimate of drug-likeness (QED) is 0.0618. The molecule has 8 heteroatoms. The molecule has 6 nitrogen and oxygen atoms in total. The molecule has 90 heavy (non-hydrogen) atoms. The van der Waals surface area contributed by atoms with Crippen LogP contribution in [0.3, 0.4) is 0 Å². The maximum atomic E-state index is 5.90. The molecule has 0 bridgehead atoms. The summed E-state index contributed by atoms with van der Waals surface area (Å²) in [5.74, 6) is 0. The molecular weight excluding hydrogens is 1320 g/mol. The molecule has 0 saturated carbocycles. The van der Waals surface area contributed by atoms with Gasteiger partial charge < -0.3 is 9.30 Å². The van der Waals surface area contributed by atoms with E-state index in [0.29, 0.717) is 4.05 Å². The van der Waals surface area contributed by atoms with E-state index in [1.165, 1.54) is 54.8 Å². The summed E-state index contributed by atoms with van der Waals surface area (Å²) >= 11 is -1.03. The number of para-hydroxylation sites is 2. The first kappa shape index (κ1) is 55.1. The molecule has 430 valence electrons. The van der Waals surface area contributed by atoms with Crippen LogP contribution >= 0.6 is 20.7 Å². The fourth-order valence-corrected chi connectivity index (χ4v) is 18.3. The average molecular weight is 1380 g/mol. The summed E-state index contributed by atoms with van der Waals surface area (Å²) in [4.78, 5) is 17.9. The zero-order valence-electron chi connectivity index (χ0n) is 48.8. The third kappa shape index (κ3) is 10.8. The number of alkyl halides is 1. The molecule has 5 heterocycles. The molecule has 0 spiro atoms. The van der Waals surface area contributed by atoms with Gasteiger partial charge in [0.2, 0.25) is 0 Å². The number of rotatable bonds is 14. The third-order valence-electron chi connectivity index (χ3n) is 16.7. The van der Waals surface area contributed by atoms with Crippen LogP contribution in [0.15, 0.2) is 345 Å². The van der Waals surface area contributed by atoms with E-state index in [1.54, 1.807) is 0 Å². The van der Waals surface area contributed by atoms with E-state index >= 15 is 0 Å². The van der Waals surface area contributed by atoms with Crippen LogP contribution in [0.1, 0.15) is 16.7 Å². The number of halogens is 2. The van der Waals surface area contributed by atoms with Crippen LogP contribution in [0.25, 0.3) is 74.3 Å². The van der Waals surface area contributed by atoms with Gasteiger partial charge in [-0.3, -0.25) is 0 Å². The summed E-state index contributed by atoms with van der Waals surface area (Å²) < 4.78 is 6.56. The van der Waals surface area contributed by atoms with Gasteiger partial charge >= 0.3 is 191 Å². The second kappa shape index (κ2) is 24.4. The van der Waals surface area contributed by atoms with Gasteiger partial charge in [-0.25, -0.2) is 4.98 Å². The van der Waals surface area contributed by atoms with Crippen molar-refractivity contribution < 1.29 is 21.2 Å². The van der Waals surface area contributed by atoms with Gasteiger partial charge in [0.1, 0.15) is 5.65 Å². The van der Waals surface area contributed by atoms with Crippen LogP contribution < -0.4 is 36.4 Å². The zero-order valence-corrected chi connectivity index (χ0v) is 53.2. The van der Waals surface area contributed by atoms with Crippen molar-refractivity contribution in [3.05, 3.63) is 365 Å². The van der Waals surface area contributed by atoms with Gasteiger partial charge in [-0.05, 0) is 111 Å². The summed E-state index contributed by atoms with van der Waals surface area (Å²) in [6.07, 6.45) is 15.3. The Labute approximate surface area is 544 Å². The SMILES string of the molecule is C1=CC2[I-]C(c3ccc(N(c4ccccc4)c4ccc(C5=C(c6ccc(N(c7ccccc7)c7ccc(-c8cn9ccccc9n8)cc7)cc6)I=c6cc(-c7ccccc7-c7ccccc7)c(-c7ccccc7-c7ccccc7)cc6=N5)cc4)cc3)=CN2C=C1. The van der Waals surface area contributed by atoms with Crippen molar-refractivity contribution in [2.75, 3.05) is 9.80 Å². The molecule has 0 aliphatic carbocycles. The van der Waals surface area contributed by atoms with Gasteiger partial charge in [0.05, 0.1) is 11.1 Å². The average Bonchev–Trinajstić information content (AvgIpc) is 1.23. The molecule has 1 atom stereocenters. The van der Waals surface area contributed by atoms with Crippen LogP contribution in [0.4, 0.5) is 34.1 Å². The summed E-state index contributed by atoms with van der Waals surface area (Å²) in [6, 6.07) is 108. The van der Waals surface area contributed by atoms with E-state index in [9.17, 15) is 0 Å². The number of hydrogen-bond donors (Lipinski definition) is 0. The molecule has 0 fully saturated rings. The van der Waals surface area contributed by atoms with Gasteiger partial charge in [0.25, 0.3) is 0 Å². The molecule has 0 saturated heterocycles. The van der Waals surface area contributed by atoms with Crippen LogP contribution in [0.2, 0.25) is 0 Å². The van der Waals surface area contributed by atoms with Crippen molar-refractivity contribution in [3.8, 4) is 55.8 Å². The Kier molecular flexibility index (Phi) is 14.9. The minimum atomic E-state index is -0.839. The van der Waals surface area contributed by atoms with Crippen LogP contribution in [-0.4, -0.2) is 18.3 Å². The number of pyridine rings is 1. The first-order valence-electron chi connectivity index (χ1n) is 30.2. The normalized spacial score (nSPS) is 14.1. The molecule has 3 aliphatic heterocycles. The summed E-state index contributed by atoms with van der Waals surface area (Å²) in [7, 11) is 0. The summed E-state index contributed by atoms with van der Waals surface area (Å²) in [5.41, 5.74) is 23.4. The Bertz CT molecular complexity index is 5030. The summed E-state index contributed by atoms with van der Waals surface area (Å²) in [5, 5.41) is 1.01. The standard InChI is InChI=1S/C82H57I2N6/c1-5-21-57(22-6-1)69-29-13-15-31-71(69)73-53-75-77(54-74(73)72-32-16-14-30-70(72)58-23-7-2-8-24-58)86-82(62-41-49-68(50-42-62)89(63-25-9-3-10-26-63)65-43-35-59(36-44-65)76-55-87-51-19-17-33-79(87)83-76)81(84-75)61-39-47-67(48-40-61)90(64-27-11-4-12-28-64)66-45-37-60(38-46-66)78-56-88-52-20-18-34-80(88)85-78/h1-56,79H/q-1. The second-order valence-corrected chi connectivity index (χ2v) is 28.1. The topological polar surface area (TPSA) is 39.4 Å². The van der Waals surface area contributed by atoms with Gasteiger partial charge in [-0.15, -0.1) is 0 Å². The Morgan fingerprint density at radius 1 is 0.389 bits per heavy atom. The molecule has 1 unspecified atom stereocenters. The predicted octanol–water partition coefficient (Wildman–Crippen LogP) is 18.1. The van der Waals surface area contributed by atoms with Crippen molar-refractivity contribution in [3.63, 3.8) is 0 Å². The van der Waals surface area contributed by atoms with Crippen molar-refractivity contribution in [1.29, 1.82) is 0 Å². The van der Waals surface area contributed by atoms with Crippen LogP contribution in [0.5, 0.6) is 0 Å². The number of anilines is 6. The number of fused-ring (bicyclic) bond motifs is 3. The Morgan fingerprint density at radius 3 is 1.40 bits per heavy atom. The minimum absolute atomic E-state index is 0.191. The van der Waals surface area contributed by atoms with Gasteiger partial charge in [-0.1, -0.05) is 178 Å². The molecule has 11 aromatic carbocycles. The van der Waals surface area contributed by atoms with E-state index in [0.717, 1.165) is 78.8 Å². The van der Waals surface area contributed by atoms with E-state index in [4.69, 9.17) is 9.98 Å². The number of benzene rings is 11. The van der Waals surface area contributed by atoms with Crippen molar-refractivity contribution in [2.24, 2.45) is 4.99 Å². The van der Waals surface area contributed by atoms with E-state index < -0.39 is 20.7 Å². The van der Waals surface area contributed by atoms with Crippen molar-refractivity contribution >= 4 is 73.4 Å². The van der Waals surface area contributed by atoms with Crippen LogP contribution in [0, 0.1) is 3.15 Å². The van der Waals surface area contributed by atoms with E-state index in [-0.39, 0.29) is 21.2 Å². The molecule has 0 amide bonds. The summed E-state index contributed by atoms with van der Waals surface area (Å²) in [6.45, 7) is 0. The van der Waals surface area contributed by atoms with Crippen LogP contribution in [-0.2, 0) is 0 Å². The van der Waals surface area contributed by atoms with Crippen molar-refractivity contribution in [2.45, 2.75) is 4.05 Å². The van der Waals surface area contributed by atoms with E-state index in [2.05, 4.69) is 335 Å². The fourth-order valence-electron chi connectivity index (χ4n) is 12.4. The molecule has 16 rings (SSSR count). The predicted molar refractivity (Wildman–Crippen MR) is 377 cm³/mol. The number of imidazole rings is 1. The van der Waals surface area contributed by atoms with Gasteiger partial charge in [-0.2, -0.15) is 0 Å². The molecule has 3 aliphatic rings. The Balaban J connectivity index is 0.844. The number of allylic oxidation sites excluding steroid dienone is 2. The zero-order chi connectivity index (χ0) is 59.7. The van der Waals surface area contributed by atoms with Gasteiger partial charge in [0.15, 0.2) is 0 Å². The molecular formula is C82H57I2N6-. The Morgan fingerprint density at radius 2 is 0.856 bits per heavy atom. The maximum absolute atomic E-state index is 5.90. The van der Waals surface area contributed by atoms with E-state index in [1.807, 2.05) is 24.4 Å². The number of aromatic nitrogens is 2. The third-order valence-corrected chi connectivity index (χ3v) is 23.1. The molecule has 0 N–H and O–H groups in total. The fraction of sp³-hybridized carbons (Fsp3) is 0.0122. The second-order valence-electron chi connectivity index (χ2n) is 22.3. The first-order valence-corrected chi connectivity index (χ1v) is 34.7. The van der Waals surface area contributed by atoms with Gasteiger partial charge in [0, 0.05) is 38.2 Å². The molecule has 13 aromatic rings.